The van der Waals surface area contributed by atoms with Crippen LogP contribution in [0.1, 0.15) is 19.8 Å². The van der Waals surface area contributed by atoms with E-state index < -0.39 is 0 Å². The molecule has 5 nitrogen and oxygen atoms in total. The molecule has 0 spiro atoms. The van der Waals surface area contributed by atoms with E-state index >= 15 is 0 Å². The highest BCUT2D eigenvalue weighted by molar-refractivity contribution is 7.98. The Balaban J connectivity index is 1.68. The number of rotatable bonds is 4. The number of likely N-dealkylation sites (tertiary alicyclic amines) is 1. The molecule has 3 unspecified atom stereocenters. The SMILES string of the molecule is CSc1ccc(N2CC(C(=O)N3CC(CN)CC3C)CC2=O)cc1. The third kappa shape index (κ3) is 3.30. The molecule has 2 amide bonds. The lowest BCUT2D eigenvalue weighted by atomic mass is 10.1. The zero-order valence-electron chi connectivity index (χ0n) is 14.3. The zero-order chi connectivity index (χ0) is 17.3. The van der Waals surface area contributed by atoms with E-state index in [1.54, 1.807) is 16.7 Å². The minimum Gasteiger partial charge on any atom is -0.339 e. The number of nitrogens with two attached hydrogens (primary N) is 1. The van der Waals surface area contributed by atoms with Crippen molar-refractivity contribution in [2.75, 3.05) is 30.8 Å². The highest BCUT2D eigenvalue weighted by atomic mass is 32.2. The van der Waals surface area contributed by atoms with E-state index in [4.69, 9.17) is 5.73 Å². The number of benzene rings is 1. The molecule has 6 heteroatoms. The number of nitrogens with zero attached hydrogens (tertiary/aromatic N) is 2. The van der Waals surface area contributed by atoms with Gasteiger partial charge in [-0.25, -0.2) is 0 Å². The molecule has 3 rings (SSSR count). The van der Waals surface area contributed by atoms with Crippen LogP contribution in [0.15, 0.2) is 29.2 Å². The molecule has 2 aliphatic heterocycles. The summed E-state index contributed by atoms with van der Waals surface area (Å²) in [7, 11) is 0. The highest BCUT2D eigenvalue weighted by Crippen LogP contribution is 2.30. The van der Waals surface area contributed by atoms with Gasteiger partial charge in [-0.2, -0.15) is 0 Å². The molecule has 1 aromatic carbocycles. The van der Waals surface area contributed by atoms with E-state index in [0.29, 0.717) is 25.4 Å². The lowest BCUT2D eigenvalue weighted by molar-refractivity contribution is -0.136. The van der Waals surface area contributed by atoms with Crippen LogP contribution in [0.25, 0.3) is 0 Å². The van der Waals surface area contributed by atoms with E-state index in [1.807, 2.05) is 35.4 Å². The molecule has 2 N–H and O–H groups in total. The highest BCUT2D eigenvalue weighted by Gasteiger charge is 2.40. The van der Waals surface area contributed by atoms with Gasteiger partial charge < -0.3 is 15.5 Å². The topological polar surface area (TPSA) is 66.6 Å². The van der Waals surface area contributed by atoms with Crippen molar-refractivity contribution in [2.24, 2.45) is 17.6 Å². The number of carbonyl (C=O) groups excluding carboxylic acids is 2. The minimum atomic E-state index is -0.239. The smallest absolute Gasteiger partial charge is 0.228 e. The first-order chi connectivity index (χ1) is 11.5. The van der Waals surface area contributed by atoms with Gasteiger partial charge in [0.25, 0.3) is 0 Å². The molecule has 2 fully saturated rings. The second-order valence-corrected chi connectivity index (χ2v) is 7.66. The second-order valence-electron chi connectivity index (χ2n) is 6.78. The minimum absolute atomic E-state index is 0.0347. The lowest BCUT2D eigenvalue weighted by Gasteiger charge is -2.25. The van der Waals surface area contributed by atoms with Gasteiger partial charge >= 0.3 is 0 Å². The first-order valence-corrected chi connectivity index (χ1v) is 9.71. The molecule has 1 aromatic rings. The Bertz CT molecular complexity index is 619. The first-order valence-electron chi connectivity index (χ1n) is 8.48. The summed E-state index contributed by atoms with van der Waals surface area (Å²) in [5.41, 5.74) is 6.63. The van der Waals surface area contributed by atoms with Crippen LogP contribution in [0, 0.1) is 11.8 Å². The third-order valence-corrected chi connectivity index (χ3v) is 5.88. The van der Waals surface area contributed by atoms with Gasteiger partial charge in [-0.15, -0.1) is 11.8 Å². The van der Waals surface area contributed by atoms with Crippen LogP contribution in [-0.4, -0.2) is 48.6 Å². The van der Waals surface area contributed by atoms with Gasteiger partial charge in [0.2, 0.25) is 11.8 Å². The molecule has 2 heterocycles. The lowest BCUT2D eigenvalue weighted by Crippen LogP contribution is -2.39. The molecular weight excluding hydrogens is 322 g/mol. The quantitative estimate of drug-likeness (QED) is 0.846. The predicted molar refractivity (Wildman–Crippen MR) is 97.0 cm³/mol. The number of carbonyl (C=O) groups is 2. The fourth-order valence-electron chi connectivity index (χ4n) is 3.74. The van der Waals surface area contributed by atoms with E-state index in [1.165, 1.54) is 0 Å². The van der Waals surface area contributed by atoms with Crippen molar-refractivity contribution in [2.45, 2.75) is 30.7 Å². The van der Waals surface area contributed by atoms with Crippen LogP contribution in [0.5, 0.6) is 0 Å². The molecule has 0 aromatic heterocycles. The number of anilines is 1. The summed E-state index contributed by atoms with van der Waals surface area (Å²) < 4.78 is 0. The molecule has 3 atom stereocenters. The summed E-state index contributed by atoms with van der Waals surface area (Å²) in [6.45, 7) is 3.89. The van der Waals surface area contributed by atoms with Gasteiger partial charge in [-0.1, -0.05) is 0 Å². The maximum atomic E-state index is 12.8. The van der Waals surface area contributed by atoms with Crippen LogP contribution in [-0.2, 0) is 9.59 Å². The largest absolute Gasteiger partial charge is 0.339 e. The number of hydrogen-bond donors (Lipinski definition) is 1. The van der Waals surface area contributed by atoms with E-state index in [9.17, 15) is 9.59 Å². The summed E-state index contributed by atoms with van der Waals surface area (Å²) in [6.07, 6.45) is 3.29. The summed E-state index contributed by atoms with van der Waals surface area (Å²) in [6, 6.07) is 8.16. The molecule has 24 heavy (non-hydrogen) atoms. The zero-order valence-corrected chi connectivity index (χ0v) is 15.1. The molecule has 0 bridgehead atoms. The van der Waals surface area contributed by atoms with Crippen molar-refractivity contribution < 1.29 is 9.59 Å². The second kappa shape index (κ2) is 7.15. The van der Waals surface area contributed by atoms with Crippen molar-refractivity contribution in [1.82, 2.24) is 4.90 Å². The summed E-state index contributed by atoms with van der Waals surface area (Å²) in [5.74, 6) is 0.287. The molecule has 2 aliphatic rings. The normalized spacial score (nSPS) is 27.1. The summed E-state index contributed by atoms with van der Waals surface area (Å²) in [4.78, 5) is 30.1. The van der Waals surface area contributed by atoms with Gasteiger partial charge in [0, 0.05) is 36.1 Å². The molecule has 0 aliphatic carbocycles. The summed E-state index contributed by atoms with van der Waals surface area (Å²) >= 11 is 1.67. The van der Waals surface area contributed by atoms with Crippen molar-refractivity contribution >= 4 is 29.3 Å². The van der Waals surface area contributed by atoms with Crippen molar-refractivity contribution in [3.63, 3.8) is 0 Å². The molecule has 2 saturated heterocycles. The Hall–Kier alpha value is -1.53. The molecular formula is C18H25N3O2S. The Morgan fingerprint density at radius 2 is 2.00 bits per heavy atom. The number of hydrogen-bond acceptors (Lipinski definition) is 4. The monoisotopic (exact) mass is 347 g/mol. The molecule has 130 valence electrons. The summed E-state index contributed by atoms with van der Waals surface area (Å²) in [5, 5.41) is 0. The van der Waals surface area contributed by atoms with E-state index in [2.05, 4.69) is 6.92 Å². The number of thioether (sulfide) groups is 1. The fraction of sp³-hybridized carbons (Fsp3) is 0.556. The van der Waals surface area contributed by atoms with E-state index in [-0.39, 0.29) is 23.8 Å². The van der Waals surface area contributed by atoms with Crippen LogP contribution in [0.4, 0.5) is 5.69 Å². The Labute approximate surface area is 147 Å². The predicted octanol–water partition coefficient (Wildman–Crippen LogP) is 1.96. The fourth-order valence-corrected chi connectivity index (χ4v) is 4.15. The first kappa shape index (κ1) is 17.3. The standard InChI is InChI=1S/C18H25N3O2S/c1-12-7-13(9-19)10-20(12)18(23)14-8-17(22)21(11-14)15-3-5-16(24-2)6-4-15/h3-6,12-14H,7-11,19H2,1-2H3. The van der Waals surface area contributed by atoms with Crippen LogP contribution < -0.4 is 10.6 Å². The van der Waals surface area contributed by atoms with Crippen molar-refractivity contribution in [3.05, 3.63) is 24.3 Å². The average Bonchev–Trinajstić information content (AvgIpc) is 3.17. The van der Waals surface area contributed by atoms with Crippen LogP contribution >= 0.6 is 11.8 Å². The average molecular weight is 347 g/mol. The van der Waals surface area contributed by atoms with Gasteiger partial charge in [-0.05, 0) is 56.3 Å². The maximum Gasteiger partial charge on any atom is 0.228 e. The Morgan fingerprint density at radius 1 is 1.29 bits per heavy atom. The van der Waals surface area contributed by atoms with Crippen LogP contribution in [0.2, 0.25) is 0 Å². The molecule has 0 saturated carbocycles. The van der Waals surface area contributed by atoms with Crippen molar-refractivity contribution in [1.29, 1.82) is 0 Å². The maximum absolute atomic E-state index is 12.8. The van der Waals surface area contributed by atoms with Crippen molar-refractivity contribution in [3.8, 4) is 0 Å². The Kier molecular flexibility index (Phi) is 5.15. The Morgan fingerprint density at radius 3 is 2.58 bits per heavy atom. The third-order valence-electron chi connectivity index (χ3n) is 5.14. The van der Waals surface area contributed by atoms with Gasteiger partial charge in [0.05, 0.1) is 5.92 Å². The molecule has 0 radical (unpaired) electrons. The number of amides is 2. The van der Waals surface area contributed by atoms with Crippen LogP contribution in [0.3, 0.4) is 0 Å². The van der Waals surface area contributed by atoms with Gasteiger partial charge in [0.1, 0.15) is 0 Å². The van der Waals surface area contributed by atoms with E-state index in [0.717, 1.165) is 23.5 Å². The van der Waals surface area contributed by atoms with Gasteiger partial charge in [-0.3, -0.25) is 9.59 Å². The van der Waals surface area contributed by atoms with Gasteiger partial charge in [0.15, 0.2) is 0 Å².